The maximum Gasteiger partial charge on any atom is 0.239 e. The number of amides is 2. The molecule has 0 saturated carbocycles. The first-order valence-corrected chi connectivity index (χ1v) is 6.62. The van der Waals surface area contributed by atoms with Crippen LogP contribution in [0, 0.1) is 0 Å². The lowest BCUT2D eigenvalue weighted by atomic mass is 10.2. The Morgan fingerprint density at radius 3 is 2.68 bits per heavy atom. The lowest BCUT2D eigenvalue weighted by molar-refractivity contribution is -0.136. The van der Waals surface area contributed by atoms with Crippen LogP contribution in [-0.2, 0) is 16.0 Å². The lowest BCUT2D eigenvalue weighted by Gasteiger charge is -2.21. The second-order valence-electron chi connectivity index (χ2n) is 4.71. The molecule has 5 heteroatoms. The molecule has 5 nitrogen and oxygen atoms in total. The van der Waals surface area contributed by atoms with Gasteiger partial charge in [0.2, 0.25) is 11.8 Å². The summed E-state index contributed by atoms with van der Waals surface area (Å²) in [5.41, 5.74) is 0. The molecule has 0 spiro atoms. The molecule has 1 heterocycles. The van der Waals surface area contributed by atoms with Crippen LogP contribution in [0.25, 0.3) is 0 Å². The highest BCUT2D eigenvalue weighted by atomic mass is 16.3. The predicted molar refractivity (Wildman–Crippen MR) is 72.6 cm³/mol. The van der Waals surface area contributed by atoms with Crippen LogP contribution in [-0.4, -0.2) is 35.8 Å². The van der Waals surface area contributed by atoms with Crippen molar-refractivity contribution in [3.63, 3.8) is 0 Å². The van der Waals surface area contributed by atoms with E-state index in [1.54, 1.807) is 17.2 Å². The average molecular weight is 266 g/mol. The summed E-state index contributed by atoms with van der Waals surface area (Å²) in [6, 6.07) is 3.73. The van der Waals surface area contributed by atoms with E-state index in [0.717, 1.165) is 5.76 Å². The van der Waals surface area contributed by atoms with Crippen molar-refractivity contribution in [1.29, 1.82) is 0 Å². The number of aryl methyl sites for hydroxylation is 1. The van der Waals surface area contributed by atoms with Gasteiger partial charge in [-0.1, -0.05) is 0 Å². The minimum Gasteiger partial charge on any atom is -0.469 e. The molecule has 1 N–H and O–H groups in total. The molecular weight excluding hydrogens is 244 g/mol. The number of hydrogen-bond donors (Lipinski definition) is 1. The zero-order chi connectivity index (χ0) is 14.3. The zero-order valence-corrected chi connectivity index (χ0v) is 11.8. The number of carbonyl (C=O) groups excluding carboxylic acids is 2. The Labute approximate surface area is 114 Å². The van der Waals surface area contributed by atoms with Crippen LogP contribution in [0.5, 0.6) is 0 Å². The molecule has 2 amide bonds. The smallest absolute Gasteiger partial charge is 0.239 e. The van der Waals surface area contributed by atoms with E-state index >= 15 is 0 Å². The lowest BCUT2D eigenvalue weighted by Crippen LogP contribution is -2.42. The number of likely N-dealkylation sites (N-methyl/N-ethyl adjacent to an activating group) is 1. The van der Waals surface area contributed by atoms with E-state index in [9.17, 15) is 9.59 Å². The molecular formula is C14H22N2O3. The number of carbonyl (C=O) groups is 2. The highest BCUT2D eigenvalue weighted by molar-refractivity contribution is 5.84. The summed E-state index contributed by atoms with van der Waals surface area (Å²) in [4.78, 5) is 25.2. The molecule has 0 atom stereocenters. The maximum absolute atomic E-state index is 12.0. The van der Waals surface area contributed by atoms with E-state index in [0.29, 0.717) is 19.4 Å². The number of rotatable bonds is 7. The molecule has 0 saturated heterocycles. The molecule has 0 fully saturated rings. The standard InChI is InChI=1S/C14H22N2O3/c1-4-16(10-13(17)15-11(2)3)14(18)8-7-12-6-5-9-19-12/h5-6,9,11H,4,7-8,10H2,1-3H3,(H,15,17). The summed E-state index contributed by atoms with van der Waals surface area (Å²) >= 11 is 0. The molecule has 0 radical (unpaired) electrons. The van der Waals surface area contributed by atoms with E-state index in [4.69, 9.17) is 4.42 Å². The highest BCUT2D eigenvalue weighted by Crippen LogP contribution is 2.05. The SMILES string of the molecule is CCN(CC(=O)NC(C)C)C(=O)CCc1ccco1. The minimum absolute atomic E-state index is 0.0298. The molecule has 0 aromatic carbocycles. The van der Waals surface area contributed by atoms with Gasteiger partial charge in [0.05, 0.1) is 12.8 Å². The van der Waals surface area contributed by atoms with Gasteiger partial charge in [0.25, 0.3) is 0 Å². The Morgan fingerprint density at radius 2 is 2.16 bits per heavy atom. The van der Waals surface area contributed by atoms with E-state index < -0.39 is 0 Å². The van der Waals surface area contributed by atoms with Crippen molar-refractivity contribution in [3.8, 4) is 0 Å². The van der Waals surface area contributed by atoms with Gasteiger partial charge in [-0.05, 0) is 32.9 Å². The van der Waals surface area contributed by atoms with Crippen LogP contribution in [0.15, 0.2) is 22.8 Å². The van der Waals surface area contributed by atoms with Gasteiger partial charge in [-0.3, -0.25) is 9.59 Å². The van der Waals surface area contributed by atoms with Crippen LogP contribution < -0.4 is 5.32 Å². The Bertz CT molecular complexity index is 399. The largest absolute Gasteiger partial charge is 0.469 e. The van der Waals surface area contributed by atoms with Gasteiger partial charge in [0.15, 0.2) is 0 Å². The molecule has 1 rings (SSSR count). The molecule has 0 bridgehead atoms. The van der Waals surface area contributed by atoms with Gasteiger partial charge in [0.1, 0.15) is 5.76 Å². The van der Waals surface area contributed by atoms with Crippen LogP contribution in [0.2, 0.25) is 0 Å². The number of nitrogens with zero attached hydrogens (tertiary/aromatic N) is 1. The number of nitrogens with one attached hydrogen (secondary N) is 1. The molecule has 0 aliphatic heterocycles. The minimum atomic E-state index is -0.122. The Morgan fingerprint density at radius 1 is 1.42 bits per heavy atom. The van der Waals surface area contributed by atoms with Gasteiger partial charge in [-0.2, -0.15) is 0 Å². The second-order valence-corrected chi connectivity index (χ2v) is 4.71. The first-order valence-electron chi connectivity index (χ1n) is 6.62. The first-order chi connectivity index (χ1) is 9.02. The molecule has 106 valence electrons. The fraction of sp³-hybridized carbons (Fsp3) is 0.571. The average Bonchev–Trinajstić information content (AvgIpc) is 2.85. The molecule has 19 heavy (non-hydrogen) atoms. The fourth-order valence-corrected chi connectivity index (χ4v) is 1.76. The van der Waals surface area contributed by atoms with Gasteiger partial charge in [-0.25, -0.2) is 0 Å². The summed E-state index contributed by atoms with van der Waals surface area (Å²) in [5, 5.41) is 2.78. The van der Waals surface area contributed by atoms with Crippen molar-refractivity contribution in [1.82, 2.24) is 10.2 Å². The Kier molecular flexibility index (Phi) is 6.12. The quantitative estimate of drug-likeness (QED) is 0.815. The van der Waals surface area contributed by atoms with Crippen LogP contribution >= 0.6 is 0 Å². The van der Waals surface area contributed by atoms with Gasteiger partial charge in [-0.15, -0.1) is 0 Å². The van der Waals surface area contributed by atoms with Gasteiger partial charge < -0.3 is 14.6 Å². The molecule has 1 aromatic heterocycles. The number of furan rings is 1. The van der Waals surface area contributed by atoms with Crippen LogP contribution in [0.4, 0.5) is 0 Å². The third kappa shape index (κ3) is 5.59. The van der Waals surface area contributed by atoms with Crippen LogP contribution in [0.1, 0.15) is 33.0 Å². The predicted octanol–water partition coefficient (Wildman–Crippen LogP) is 1.59. The zero-order valence-electron chi connectivity index (χ0n) is 11.8. The van der Waals surface area contributed by atoms with E-state index in [1.807, 2.05) is 26.8 Å². The molecule has 0 unspecified atom stereocenters. The molecule has 0 aliphatic carbocycles. The number of hydrogen-bond acceptors (Lipinski definition) is 3. The van der Waals surface area contributed by atoms with Crippen molar-refractivity contribution >= 4 is 11.8 Å². The van der Waals surface area contributed by atoms with Crippen molar-refractivity contribution < 1.29 is 14.0 Å². The normalized spacial score (nSPS) is 10.5. The van der Waals surface area contributed by atoms with Crippen LogP contribution in [0.3, 0.4) is 0 Å². The summed E-state index contributed by atoms with van der Waals surface area (Å²) in [5.74, 6) is 0.636. The summed E-state index contributed by atoms with van der Waals surface area (Å²) in [6.07, 6.45) is 2.51. The first kappa shape index (κ1) is 15.3. The molecule has 0 aliphatic rings. The highest BCUT2D eigenvalue weighted by Gasteiger charge is 2.16. The maximum atomic E-state index is 12.0. The topological polar surface area (TPSA) is 62.6 Å². The fourth-order valence-electron chi connectivity index (χ4n) is 1.76. The summed E-state index contributed by atoms with van der Waals surface area (Å²) < 4.78 is 5.18. The van der Waals surface area contributed by atoms with E-state index in [1.165, 1.54) is 0 Å². The third-order valence-corrected chi connectivity index (χ3v) is 2.68. The molecule has 1 aromatic rings. The van der Waals surface area contributed by atoms with Gasteiger partial charge in [0, 0.05) is 25.4 Å². The van der Waals surface area contributed by atoms with Crippen molar-refractivity contribution in [2.75, 3.05) is 13.1 Å². The third-order valence-electron chi connectivity index (χ3n) is 2.68. The monoisotopic (exact) mass is 266 g/mol. The Balaban J connectivity index is 2.40. The van der Waals surface area contributed by atoms with Gasteiger partial charge >= 0.3 is 0 Å². The Hall–Kier alpha value is -1.78. The van der Waals surface area contributed by atoms with E-state index in [2.05, 4.69) is 5.32 Å². The van der Waals surface area contributed by atoms with Crippen molar-refractivity contribution in [2.24, 2.45) is 0 Å². The summed E-state index contributed by atoms with van der Waals surface area (Å²) in [6.45, 7) is 6.31. The van der Waals surface area contributed by atoms with Crippen molar-refractivity contribution in [3.05, 3.63) is 24.2 Å². The van der Waals surface area contributed by atoms with E-state index in [-0.39, 0.29) is 24.4 Å². The second kappa shape index (κ2) is 7.61. The van der Waals surface area contributed by atoms with Crippen molar-refractivity contribution in [2.45, 2.75) is 39.7 Å². The summed E-state index contributed by atoms with van der Waals surface area (Å²) in [7, 11) is 0.